The predicted octanol–water partition coefficient (Wildman–Crippen LogP) is 2.85. The number of nitrogens with one attached hydrogen (secondary N) is 4. The fourth-order valence-electron chi connectivity index (χ4n) is 2.62. The SMILES string of the molecule is CCCC(=O)Nc1ccc(NCC(=O)Nc2cccc(C(=O)NCCOC)c2)cc1. The molecule has 0 heterocycles. The Kier molecular flexibility index (Phi) is 9.33. The van der Waals surface area contributed by atoms with E-state index in [2.05, 4.69) is 21.3 Å². The summed E-state index contributed by atoms with van der Waals surface area (Å²) in [5.74, 6) is -0.494. The van der Waals surface area contributed by atoms with Crippen molar-refractivity contribution in [2.75, 3.05) is 42.8 Å². The molecule has 2 rings (SSSR count). The van der Waals surface area contributed by atoms with Gasteiger partial charge in [0.25, 0.3) is 5.91 Å². The summed E-state index contributed by atoms with van der Waals surface area (Å²) in [5.41, 5.74) is 2.46. The van der Waals surface area contributed by atoms with Crippen LogP contribution in [0.25, 0.3) is 0 Å². The average Bonchev–Trinajstić information content (AvgIpc) is 2.74. The number of rotatable bonds is 11. The molecule has 0 atom stereocenters. The molecular formula is C22H28N4O4. The van der Waals surface area contributed by atoms with E-state index in [-0.39, 0.29) is 24.3 Å². The third kappa shape index (κ3) is 7.92. The summed E-state index contributed by atoms with van der Waals surface area (Å²) in [7, 11) is 1.57. The van der Waals surface area contributed by atoms with Gasteiger partial charge in [-0.15, -0.1) is 0 Å². The summed E-state index contributed by atoms with van der Waals surface area (Å²) < 4.78 is 4.90. The maximum absolute atomic E-state index is 12.2. The van der Waals surface area contributed by atoms with Crippen molar-refractivity contribution in [3.8, 4) is 0 Å². The van der Waals surface area contributed by atoms with Crippen molar-refractivity contribution in [3.63, 3.8) is 0 Å². The molecule has 0 radical (unpaired) electrons. The molecule has 2 aromatic rings. The van der Waals surface area contributed by atoms with Crippen LogP contribution in [0.15, 0.2) is 48.5 Å². The summed E-state index contributed by atoms with van der Waals surface area (Å²) >= 11 is 0. The second-order valence-corrected chi connectivity index (χ2v) is 6.61. The van der Waals surface area contributed by atoms with Crippen LogP contribution in [0.5, 0.6) is 0 Å². The molecular weight excluding hydrogens is 384 g/mol. The van der Waals surface area contributed by atoms with Crippen molar-refractivity contribution >= 4 is 34.8 Å². The number of methoxy groups -OCH3 is 1. The van der Waals surface area contributed by atoms with Gasteiger partial charge < -0.3 is 26.0 Å². The van der Waals surface area contributed by atoms with E-state index >= 15 is 0 Å². The summed E-state index contributed by atoms with van der Waals surface area (Å²) in [6, 6.07) is 13.9. The molecule has 2 aromatic carbocycles. The molecule has 8 nitrogen and oxygen atoms in total. The first kappa shape index (κ1) is 22.9. The normalized spacial score (nSPS) is 10.2. The molecule has 0 aliphatic carbocycles. The Bertz CT molecular complexity index is 852. The number of amides is 3. The maximum Gasteiger partial charge on any atom is 0.251 e. The molecule has 3 amide bonds. The van der Waals surface area contributed by atoms with Crippen LogP contribution in [-0.2, 0) is 14.3 Å². The van der Waals surface area contributed by atoms with Gasteiger partial charge in [0.2, 0.25) is 11.8 Å². The van der Waals surface area contributed by atoms with Crippen molar-refractivity contribution < 1.29 is 19.1 Å². The van der Waals surface area contributed by atoms with Crippen LogP contribution < -0.4 is 21.3 Å². The molecule has 0 aromatic heterocycles. The molecule has 4 N–H and O–H groups in total. The van der Waals surface area contributed by atoms with Crippen LogP contribution in [-0.4, -0.2) is 44.5 Å². The molecule has 0 unspecified atom stereocenters. The highest BCUT2D eigenvalue weighted by molar-refractivity contribution is 5.98. The van der Waals surface area contributed by atoms with E-state index in [9.17, 15) is 14.4 Å². The highest BCUT2D eigenvalue weighted by Gasteiger charge is 2.08. The largest absolute Gasteiger partial charge is 0.383 e. The molecule has 0 saturated carbocycles. The van der Waals surface area contributed by atoms with E-state index in [1.165, 1.54) is 0 Å². The molecule has 0 bridgehead atoms. The topological polar surface area (TPSA) is 109 Å². The quantitative estimate of drug-likeness (QED) is 0.425. The number of benzene rings is 2. The Morgan fingerprint density at radius 2 is 1.60 bits per heavy atom. The number of ether oxygens (including phenoxy) is 1. The number of anilines is 3. The Morgan fingerprint density at radius 1 is 0.900 bits per heavy atom. The summed E-state index contributed by atoms with van der Waals surface area (Å²) in [5, 5.41) is 11.3. The van der Waals surface area contributed by atoms with Crippen molar-refractivity contribution in [1.82, 2.24) is 5.32 Å². The lowest BCUT2D eigenvalue weighted by molar-refractivity contribution is -0.116. The van der Waals surface area contributed by atoms with Gasteiger partial charge in [-0.1, -0.05) is 13.0 Å². The monoisotopic (exact) mass is 412 g/mol. The second-order valence-electron chi connectivity index (χ2n) is 6.61. The van der Waals surface area contributed by atoms with Gasteiger partial charge in [0.1, 0.15) is 0 Å². The van der Waals surface area contributed by atoms with E-state index < -0.39 is 0 Å². The Labute approximate surface area is 176 Å². The van der Waals surface area contributed by atoms with E-state index in [1.54, 1.807) is 55.6 Å². The molecule has 0 aliphatic heterocycles. The smallest absolute Gasteiger partial charge is 0.251 e. The van der Waals surface area contributed by atoms with Crippen LogP contribution >= 0.6 is 0 Å². The summed E-state index contributed by atoms with van der Waals surface area (Å²) in [6.07, 6.45) is 1.28. The van der Waals surface area contributed by atoms with Crippen LogP contribution in [0.4, 0.5) is 17.1 Å². The number of hydrogen-bond donors (Lipinski definition) is 4. The van der Waals surface area contributed by atoms with Gasteiger partial charge in [-0.25, -0.2) is 0 Å². The van der Waals surface area contributed by atoms with Gasteiger partial charge in [0.15, 0.2) is 0 Å². The zero-order valence-corrected chi connectivity index (χ0v) is 17.3. The number of hydrogen-bond acceptors (Lipinski definition) is 5. The van der Waals surface area contributed by atoms with E-state index in [1.807, 2.05) is 6.92 Å². The minimum Gasteiger partial charge on any atom is -0.383 e. The van der Waals surface area contributed by atoms with Gasteiger partial charge in [-0.2, -0.15) is 0 Å². The molecule has 30 heavy (non-hydrogen) atoms. The fourth-order valence-corrected chi connectivity index (χ4v) is 2.62. The number of carbonyl (C=O) groups is 3. The molecule has 160 valence electrons. The van der Waals surface area contributed by atoms with Crippen LogP contribution in [0.1, 0.15) is 30.1 Å². The molecule has 8 heteroatoms. The standard InChI is InChI=1S/C22H28N4O4/c1-3-5-20(27)25-18-10-8-17(9-11-18)24-15-21(28)26-19-7-4-6-16(14-19)22(29)23-12-13-30-2/h4,6-11,14,24H,3,5,12-13,15H2,1-2H3,(H,23,29)(H,25,27)(H,26,28). The third-order valence-corrected chi connectivity index (χ3v) is 4.10. The Balaban J connectivity index is 1.82. The first-order valence-electron chi connectivity index (χ1n) is 9.82. The lowest BCUT2D eigenvalue weighted by atomic mass is 10.2. The zero-order valence-electron chi connectivity index (χ0n) is 17.3. The molecule has 0 aliphatic rings. The maximum atomic E-state index is 12.2. The minimum absolute atomic E-state index is 0.0211. The predicted molar refractivity (Wildman–Crippen MR) is 118 cm³/mol. The first-order chi connectivity index (χ1) is 14.5. The van der Waals surface area contributed by atoms with Crippen molar-refractivity contribution in [3.05, 3.63) is 54.1 Å². The van der Waals surface area contributed by atoms with Crippen molar-refractivity contribution in [2.45, 2.75) is 19.8 Å². The average molecular weight is 412 g/mol. The molecule has 0 fully saturated rings. The lowest BCUT2D eigenvalue weighted by Crippen LogP contribution is -2.27. The van der Waals surface area contributed by atoms with Crippen LogP contribution in [0.3, 0.4) is 0 Å². The summed E-state index contributed by atoms with van der Waals surface area (Å²) in [4.78, 5) is 35.9. The molecule has 0 saturated heterocycles. The highest BCUT2D eigenvalue weighted by Crippen LogP contribution is 2.14. The van der Waals surface area contributed by atoms with Gasteiger partial charge >= 0.3 is 0 Å². The number of carbonyl (C=O) groups excluding carboxylic acids is 3. The second kappa shape index (κ2) is 12.2. The van der Waals surface area contributed by atoms with Gasteiger partial charge in [-0.05, 0) is 48.9 Å². The van der Waals surface area contributed by atoms with Gasteiger partial charge in [0.05, 0.1) is 13.2 Å². The van der Waals surface area contributed by atoms with Crippen LogP contribution in [0.2, 0.25) is 0 Å². The lowest BCUT2D eigenvalue weighted by Gasteiger charge is -2.10. The fraction of sp³-hybridized carbons (Fsp3) is 0.318. The van der Waals surface area contributed by atoms with Gasteiger partial charge in [-0.3, -0.25) is 14.4 Å². The first-order valence-corrected chi connectivity index (χ1v) is 9.82. The summed E-state index contributed by atoms with van der Waals surface area (Å²) in [6.45, 7) is 2.86. The Morgan fingerprint density at radius 3 is 2.30 bits per heavy atom. The van der Waals surface area contributed by atoms with Crippen molar-refractivity contribution in [1.29, 1.82) is 0 Å². The Hall–Kier alpha value is -3.39. The van der Waals surface area contributed by atoms with E-state index in [4.69, 9.17) is 4.74 Å². The van der Waals surface area contributed by atoms with E-state index in [0.29, 0.717) is 36.5 Å². The van der Waals surface area contributed by atoms with E-state index in [0.717, 1.165) is 12.1 Å². The minimum atomic E-state index is -0.243. The highest BCUT2D eigenvalue weighted by atomic mass is 16.5. The van der Waals surface area contributed by atoms with Crippen molar-refractivity contribution in [2.24, 2.45) is 0 Å². The zero-order chi connectivity index (χ0) is 21.8. The third-order valence-electron chi connectivity index (χ3n) is 4.10. The molecule has 0 spiro atoms. The van der Waals surface area contributed by atoms with Gasteiger partial charge in [0, 0.05) is 42.7 Å². The van der Waals surface area contributed by atoms with Crippen LogP contribution in [0, 0.1) is 0 Å².